The number of hydrogen-bond donors (Lipinski definition) is 1. The molecule has 1 aromatic heterocycles. The second-order valence-electron chi connectivity index (χ2n) is 5.31. The van der Waals surface area contributed by atoms with Crippen molar-refractivity contribution in [3.05, 3.63) is 39.2 Å². The lowest BCUT2D eigenvalue weighted by Gasteiger charge is -2.11. The molecule has 2 aliphatic rings. The fourth-order valence-electron chi connectivity index (χ4n) is 2.67. The summed E-state index contributed by atoms with van der Waals surface area (Å²) in [6.45, 7) is 0.589. The standard InChI is InChI=1S/C14H11IN2O3/c15-8-1-2-11-10(5-8)17-12(6-9(16-17)13(18)19)14(3-4-14)7-20-11/h1-2,5-6H,3-4,7H2,(H,18,19). The van der Waals surface area contributed by atoms with Crippen LogP contribution in [0.5, 0.6) is 5.75 Å². The Hall–Kier alpha value is -1.57. The number of carbonyl (C=O) groups is 1. The van der Waals surface area contributed by atoms with Crippen molar-refractivity contribution >= 4 is 28.6 Å². The second-order valence-corrected chi connectivity index (χ2v) is 6.56. The summed E-state index contributed by atoms with van der Waals surface area (Å²) in [6, 6.07) is 7.56. The van der Waals surface area contributed by atoms with E-state index >= 15 is 0 Å². The van der Waals surface area contributed by atoms with Gasteiger partial charge >= 0.3 is 5.97 Å². The highest BCUT2D eigenvalue weighted by Gasteiger charge is 2.50. The Kier molecular flexibility index (Phi) is 2.42. The quantitative estimate of drug-likeness (QED) is 0.771. The summed E-state index contributed by atoms with van der Waals surface area (Å²) >= 11 is 2.23. The van der Waals surface area contributed by atoms with Gasteiger partial charge in [-0.1, -0.05) is 0 Å². The van der Waals surface area contributed by atoms with Crippen LogP contribution >= 0.6 is 22.6 Å². The first-order chi connectivity index (χ1) is 9.59. The minimum Gasteiger partial charge on any atom is -0.490 e. The average Bonchev–Trinajstić information content (AvgIpc) is 3.09. The molecule has 102 valence electrons. The van der Waals surface area contributed by atoms with Crippen molar-refractivity contribution in [2.75, 3.05) is 6.61 Å². The summed E-state index contributed by atoms with van der Waals surface area (Å²) in [4.78, 5) is 11.2. The van der Waals surface area contributed by atoms with Crippen molar-refractivity contribution in [1.82, 2.24) is 9.78 Å². The van der Waals surface area contributed by atoms with Crippen LogP contribution in [0, 0.1) is 3.57 Å². The lowest BCUT2D eigenvalue weighted by Crippen LogP contribution is -2.17. The van der Waals surface area contributed by atoms with Gasteiger partial charge in [0.25, 0.3) is 0 Å². The molecule has 1 N–H and O–H groups in total. The van der Waals surface area contributed by atoms with E-state index < -0.39 is 5.97 Å². The largest absolute Gasteiger partial charge is 0.490 e. The first-order valence-corrected chi connectivity index (χ1v) is 7.44. The number of halogens is 1. The van der Waals surface area contributed by atoms with Crippen molar-refractivity contribution < 1.29 is 14.6 Å². The SMILES string of the molecule is O=C(O)c1cc2n(n1)-c1cc(I)ccc1OCC21CC1. The zero-order chi connectivity index (χ0) is 13.9. The fraction of sp³-hybridized carbons (Fsp3) is 0.286. The molecule has 0 radical (unpaired) electrons. The van der Waals surface area contributed by atoms with Gasteiger partial charge in [0, 0.05) is 8.99 Å². The highest BCUT2D eigenvalue weighted by atomic mass is 127. The van der Waals surface area contributed by atoms with Crippen LogP contribution in [0.25, 0.3) is 5.69 Å². The zero-order valence-electron chi connectivity index (χ0n) is 10.5. The fourth-order valence-corrected chi connectivity index (χ4v) is 3.14. The highest BCUT2D eigenvalue weighted by molar-refractivity contribution is 14.1. The molecule has 0 bridgehead atoms. The van der Waals surface area contributed by atoms with Gasteiger partial charge in [-0.05, 0) is 59.7 Å². The number of benzene rings is 1. The Balaban J connectivity index is 1.99. The van der Waals surface area contributed by atoms with Gasteiger partial charge in [0.2, 0.25) is 0 Å². The minimum atomic E-state index is -0.991. The van der Waals surface area contributed by atoms with E-state index in [-0.39, 0.29) is 11.1 Å². The molecule has 2 aromatic rings. The van der Waals surface area contributed by atoms with E-state index in [1.807, 2.05) is 18.2 Å². The van der Waals surface area contributed by atoms with Gasteiger partial charge in [-0.15, -0.1) is 0 Å². The average molecular weight is 382 g/mol. The predicted molar refractivity (Wildman–Crippen MR) is 79.6 cm³/mol. The van der Waals surface area contributed by atoms with Crippen molar-refractivity contribution in [1.29, 1.82) is 0 Å². The Morgan fingerprint density at radius 3 is 2.90 bits per heavy atom. The van der Waals surface area contributed by atoms with Gasteiger partial charge in [-0.2, -0.15) is 5.10 Å². The molecule has 1 spiro atoms. The van der Waals surface area contributed by atoms with E-state index in [4.69, 9.17) is 4.74 Å². The number of carboxylic acid groups (broad SMARTS) is 1. The molecule has 1 aliphatic carbocycles. The van der Waals surface area contributed by atoms with Crippen molar-refractivity contribution in [3.8, 4) is 11.4 Å². The maximum atomic E-state index is 11.2. The molecule has 1 saturated carbocycles. The van der Waals surface area contributed by atoms with Gasteiger partial charge in [0.15, 0.2) is 5.69 Å². The van der Waals surface area contributed by atoms with Crippen LogP contribution in [0.4, 0.5) is 0 Å². The van der Waals surface area contributed by atoms with Gasteiger partial charge in [0.05, 0.1) is 12.3 Å². The molecule has 5 nitrogen and oxygen atoms in total. The number of rotatable bonds is 1. The highest BCUT2D eigenvalue weighted by Crippen LogP contribution is 2.51. The molecular formula is C14H11IN2O3. The van der Waals surface area contributed by atoms with Crippen LogP contribution in [-0.2, 0) is 5.41 Å². The summed E-state index contributed by atoms with van der Waals surface area (Å²) in [5.41, 5.74) is 1.81. The summed E-state index contributed by atoms with van der Waals surface area (Å²) in [7, 11) is 0. The number of aromatic carboxylic acids is 1. The Morgan fingerprint density at radius 2 is 2.20 bits per heavy atom. The number of nitrogens with zero attached hydrogens (tertiary/aromatic N) is 2. The molecule has 0 amide bonds. The van der Waals surface area contributed by atoms with E-state index in [1.165, 1.54) is 0 Å². The van der Waals surface area contributed by atoms with Crippen LogP contribution in [0.2, 0.25) is 0 Å². The molecule has 2 heterocycles. The molecule has 0 unspecified atom stereocenters. The lowest BCUT2D eigenvalue weighted by molar-refractivity contribution is 0.0690. The Morgan fingerprint density at radius 1 is 1.40 bits per heavy atom. The normalized spacial score (nSPS) is 17.9. The maximum absolute atomic E-state index is 11.2. The first-order valence-electron chi connectivity index (χ1n) is 6.36. The number of carboxylic acids is 1. The summed E-state index contributed by atoms with van der Waals surface area (Å²) < 4.78 is 8.73. The molecule has 0 saturated heterocycles. The van der Waals surface area contributed by atoms with Gasteiger partial charge in [0.1, 0.15) is 11.4 Å². The van der Waals surface area contributed by atoms with Gasteiger partial charge < -0.3 is 9.84 Å². The third-order valence-corrected chi connectivity index (χ3v) is 4.65. The van der Waals surface area contributed by atoms with E-state index in [9.17, 15) is 9.90 Å². The van der Waals surface area contributed by atoms with Gasteiger partial charge in [-0.25, -0.2) is 9.48 Å². The Labute approximate surface area is 128 Å². The number of fused-ring (bicyclic) bond motifs is 4. The molecule has 0 atom stereocenters. The third kappa shape index (κ3) is 1.67. The van der Waals surface area contributed by atoms with Crippen LogP contribution in [0.3, 0.4) is 0 Å². The van der Waals surface area contributed by atoms with Crippen molar-refractivity contribution in [3.63, 3.8) is 0 Å². The predicted octanol–water partition coefficient (Wildman–Crippen LogP) is 2.60. The van der Waals surface area contributed by atoms with Crippen LogP contribution in [-0.4, -0.2) is 27.5 Å². The maximum Gasteiger partial charge on any atom is 0.356 e. The number of aromatic nitrogens is 2. The zero-order valence-corrected chi connectivity index (χ0v) is 12.6. The van der Waals surface area contributed by atoms with E-state index in [0.717, 1.165) is 33.5 Å². The molecular weight excluding hydrogens is 371 g/mol. The van der Waals surface area contributed by atoms with Crippen LogP contribution in [0.15, 0.2) is 24.3 Å². The molecule has 20 heavy (non-hydrogen) atoms. The molecule has 4 rings (SSSR count). The molecule has 1 aromatic carbocycles. The molecule has 1 aliphatic heterocycles. The Bertz CT molecular complexity index is 734. The minimum absolute atomic E-state index is 0.0643. The monoisotopic (exact) mass is 382 g/mol. The van der Waals surface area contributed by atoms with Crippen molar-refractivity contribution in [2.24, 2.45) is 0 Å². The van der Waals surface area contributed by atoms with Crippen LogP contribution in [0.1, 0.15) is 29.0 Å². The van der Waals surface area contributed by atoms with E-state index in [0.29, 0.717) is 6.61 Å². The topological polar surface area (TPSA) is 64.3 Å². The first kappa shape index (κ1) is 12.2. The smallest absolute Gasteiger partial charge is 0.356 e. The van der Waals surface area contributed by atoms with Crippen LogP contribution < -0.4 is 4.74 Å². The third-order valence-electron chi connectivity index (χ3n) is 3.98. The molecule has 6 heteroatoms. The van der Waals surface area contributed by atoms with Crippen molar-refractivity contribution in [2.45, 2.75) is 18.3 Å². The summed E-state index contributed by atoms with van der Waals surface area (Å²) in [6.07, 6.45) is 2.03. The second kappa shape index (κ2) is 3.97. The molecule has 1 fully saturated rings. The summed E-state index contributed by atoms with van der Waals surface area (Å²) in [5, 5.41) is 13.5. The van der Waals surface area contributed by atoms with E-state index in [2.05, 4.69) is 27.7 Å². The number of hydrogen-bond acceptors (Lipinski definition) is 3. The number of ether oxygens (including phenoxy) is 1. The van der Waals surface area contributed by atoms with Gasteiger partial charge in [-0.3, -0.25) is 0 Å². The summed E-state index contributed by atoms with van der Waals surface area (Å²) in [5.74, 6) is -0.232. The van der Waals surface area contributed by atoms with E-state index in [1.54, 1.807) is 10.7 Å². The lowest BCUT2D eigenvalue weighted by atomic mass is 10.0.